The molecule has 0 fully saturated rings. The Morgan fingerprint density at radius 2 is 1.00 bits per heavy atom. The molecule has 0 atom stereocenters. The number of anilines is 4. The van der Waals surface area contributed by atoms with Gasteiger partial charge in [0, 0.05) is 51.7 Å². The second kappa shape index (κ2) is 14.8. The minimum Gasteiger partial charge on any atom is -0.314 e. The molecule has 4 heteroatoms. The van der Waals surface area contributed by atoms with E-state index >= 15 is 0 Å². The molecule has 1 aliphatic heterocycles. The first kappa shape index (κ1) is 37.4. The third-order valence-electron chi connectivity index (χ3n) is 11.4. The molecule has 4 nitrogen and oxygen atoms in total. The smallest absolute Gasteiger partial charge is 0.0988 e. The molecule has 0 saturated carbocycles. The lowest BCUT2D eigenvalue weighted by Crippen LogP contribution is -2.26. The Bertz CT molecular complexity index is 2730. The maximum absolute atomic E-state index is 10.7. The molecule has 0 N–H and O–H groups in total. The van der Waals surface area contributed by atoms with Gasteiger partial charge < -0.3 is 14.4 Å². The zero-order valence-corrected chi connectivity index (χ0v) is 34.6. The molecule has 6 aromatic carbocycles. The third-order valence-corrected chi connectivity index (χ3v) is 11.4. The van der Waals surface area contributed by atoms with Crippen LogP contribution in [0.2, 0.25) is 0 Å². The van der Waals surface area contributed by atoms with Gasteiger partial charge >= 0.3 is 0 Å². The lowest BCUT2D eigenvalue weighted by Gasteiger charge is -2.37. The lowest BCUT2D eigenvalue weighted by atomic mass is 9.92. The van der Waals surface area contributed by atoms with Crippen molar-refractivity contribution in [1.29, 1.82) is 5.26 Å². The van der Waals surface area contributed by atoms with Gasteiger partial charge in [0.1, 0.15) is 0 Å². The molecule has 0 radical (unpaired) electrons. The van der Waals surface area contributed by atoms with Crippen LogP contribution in [0.5, 0.6) is 0 Å². The Labute approximate surface area is 337 Å². The number of nitriles is 1. The van der Waals surface area contributed by atoms with Crippen LogP contribution in [-0.4, -0.2) is 4.57 Å². The Hall–Kier alpha value is -6.57. The summed E-state index contributed by atoms with van der Waals surface area (Å²) in [6.07, 6.45) is 7.16. The number of allylic oxidation sites excluding steroid dienone is 4. The van der Waals surface area contributed by atoms with Gasteiger partial charge in [0.25, 0.3) is 0 Å². The molecular formula is C53H50N4. The fraction of sp³-hybridized carbons (Fsp3) is 0.189. The number of fused-ring (bicyclic) bond motifs is 5. The van der Waals surface area contributed by atoms with E-state index in [0.29, 0.717) is 5.57 Å². The predicted molar refractivity (Wildman–Crippen MR) is 242 cm³/mol. The molecule has 0 unspecified atom stereocenters. The van der Waals surface area contributed by atoms with Crippen LogP contribution in [0.25, 0.3) is 27.5 Å². The van der Waals surface area contributed by atoms with Crippen molar-refractivity contribution in [2.45, 2.75) is 68.7 Å². The highest BCUT2D eigenvalue weighted by Gasteiger charge is 2.31. The number of hydrogen-bond acceptors (Lipinski definition) is 3. The summed E-state index contributed by atoms with van der Waals surface area (Å²) in [5.74, 6) is 0. The number of benzene rings is 6. The molecule has 0 spiro atoms. The number of aromatic nitrogens is 1. The molecule has 0 aliphatic carbocycles. The highest BCUT2D eigenvalue weighted by molar-refractivity contribution is 6.11. The Kier molecular flexibility index (Phi) is 9.72. The monoisotopic (exact) mass is 742 g/mol. The van der Waals surface area contributed by atoms with E-state index in [1.165, 1.54) is 66.4 Å². The van der Waals surface area contributed by atoms with E-state index in [9.17, 15) is 5.26 Å². The maximum Gasteiger partial charge on any atom is 0.0988 e. The molecule has 7 aromatic rings. The van der Waals surface area contributed by atoms with Crippen molar-refractivity contribution in [3.05, 3.63) is 194 Å². The predicted octanol–water partition coefficient (Wildman–Crippen LogP) is 14.0. The van der Waals surface area contributed by atoms with Crippen LogP contribution >= 0.6 is 0 Å². The van der Waals surface area contributed by atoms with Crippen LogP contribution in [0, 0.1) is 66.7 Å². The minimum absolute atomic E-state index is 0.584. The van der Waals surface area contributed by atoms with Gasteiger partial charge in [0.15, 0.2) is 0 Å². The Balaban J connectivity index is 1.58. The number of nitrogens with zero attached hydrogens (tertiary/aromatic N) is 4. The zero-order valence-electron chi connectivity index (χ0n) is 34.6. The molecule has 282 valence electrons. The van der Waals surface area contributed by atoms with Crippen molar-refractivity contribution in [3.63, 3.8) is 0 Å². The summed E-state index contributed by atoms with van der Waals surface area (Å²) in [4.78, 5) is 4.77. The van der Waals surface area contributed by atoms with Gasteiger partial charge in [-0.1, -0.05) is 100 Å². The fourth-order valence-corrected chi connectivity index (χ4v) is 8.61. The van der Waals surface area contributed by atoms with Crippen LogP contribution in [0.15, 0.2) is 139 Å². The van der Waals surface area contributed by atoms with Gasteiger partial charge in [-0.2, -0.15) is 5.26 Å². The normalized spacial score (nSPS) is 13.2. The average Bonchev–Trinajstić information content (AvgIpc) is 3.48. The van der Waals surface area contributed by atoms with E-state index in [2.05, 4.69) is 197 Å². The van der Waals surface area contributed by atoms with Crippen molar-refractivity contribution < 1.29 is 0 Å². The largest absolute Gasteiger partial charge is 0.314 e. The summed E-state index contributed by atoms with van der Waals surface area (Å²) < 4.78 is 2.43. The SMILES string of the molecule is C\C=C(C#N)/C=C(\C(=C\N(c1ccc(C)cc1C)c1ccc(C)cc1C)n1c2ccc(C)cc2c2cc(C)ccc21)N1c2ccc(C)cc2Cc2cc(C)ccc21. The van der Waals surface area contributed by atoms with Crippen LogP contribution in [-0.2, 0) is 6.42 Å². The van der Waals surface area contributed by atoms with Crippen molar-refractivity contribution in [3.8, 4) is 6.07 Å². The molecule has 1 aliphatic rings. The number of rotatable bonds is 7. The van der Waals surface area contributed by atoms with Crippen LogP contribution in [0.3, 0.4) is 0 Å². The Morgan fingerprint density at radius 3 is 1.46 bits per heavy atom. The number of aryl methyl sites for hydroxylation is 8. The van der Waals surface area contributed by atoms with E-state index in [1.54, 1.807) is 0 Å². The van der Waals surface area contributed by atoms with Gasteiger partial charge in [0.05, 0.1) is 28.5 Å². The molecular weight excluding hydrogens is 693 g/mol. The fourth-order valence-electron chi connectivity index (χ4n) is 8.61. The van der Waals surface area contributed by atoms with Gasteiger partial charge in [-0.3, -0.25) is 0 Å². The van der Waals surface area contributed by atoms with Gasteiger partial charge in [0.2, 0.25) is 0 Å². The van der Waals surface area contributed by atoms with Crippen LogP contribution in [0.4, 0.5) is 22.7 Å². The maximum atomic E-state index is 10.7. The first-order valence-electron chi connectivity index (χ1n) is 19.9. The first-order chi connectivity index (χ1) is 27.4. The van der Waals surface area contributed by atoms with Crippen molar-refractivity contribution in [2.24, 2.45) is 0 Å². The van der Waals surface area contributed by atoms with Crippen LogP contribution in [0.1, 0.15) is 62.6 Å². The van der Waals surface area contributed by atoms with Crippen molar-refractivity contribution >= 4 is 50.3 Å². The van der Waals surface area contributed by atoms with E-state index < -0.39 is 0 Å². The van der Waals surface area contributed by atoms with E-state index in [-0.39, 0.29) is 0 Å². The van der Waals surface area contributed by atoms with Crippen LogP contribution < -0.4 is 9.80 Å². The zero-order chi connectivity index (χ0) is 40.1. The topological polar surface area (TPSA) is 35.2 Å². The summed E-state index contributed by atoms with van der Waals surface area (Å²) in [7, 11) is 0. The van der Waals surface area contributed by atoms with Crippen molar-refractivity contribution in [2.75, 3.05) is 9.80 Å². The summed E-state index contributed by atoms with van der Waals surface area (Å²) in [6.45, 7) is 19.3. The highest BCUT2D eigenvalue weighted by Crippen LogP contribution is 2.47. The summed E-state index contributed by atoms with van der Waals surface area (Å²) in [6, 6.07) is 43.0. The second-order valence-corrected chi connectivity index (χ2v) is 16.0. The Morgan fingerprint density at radius 1 is 0.561 bits per heavy atom. The summed E-state index contributed by atoms with van der Waals surface area (Å²) in [5.41, 5.74) is 21.2. The molecule has 0 saturated heterocycles. The second-order valence-electron chi connectivity index (χ2n) is 16.0. The molecule has 0 amide bonds. The first-order valence-corrected chi connectivity index (χ1v) is 19.9. The standard InChI is InChI=1S/C53H50N4/c1-10-41(31-54)29-52(56-48-19-13-35(4)25-42(48)30-43-26-36(5)14-20-49(43)56)53(57-50-21-15-37(6)27-44(50)45-28-38(7)16-22-51(45)57)32-55(46-17-11-33(2)23-39(46)8)47-18-12-34(3)24-40(47)9/h10-29,32H,30H2,1-9H3/b41-10+,52-29+,53-32-. The number of hydrogen-bond donors (Lipinski definition) is 0. The molecule has 8 rings (SSSR count). The summed E-state index contributed by atoms with van der Waals surface area (Å²) >= 11 is 0. The molecule has 0 bridgehead atoms. The van der Waals surface area contributed by atoms with Gasteiger partial charge in [-0.05, 0) is 139 Å². The van der Waals surface area contributed by atoms with E-state index in [0.717, 1.165) is 51.6 Å². The highest BCUT2D eigenvalue weighted by atomic mass is 15.2. The summed E-state index contributed by atoms with van der Waals surface area (Å²) in [5, 5.41) is 13.1. The average molecular weight is 743 g/mol. The van der Waals surface area contributed by atoms with Gasteiger partial charge in [-0.15, -0.1) is 0 Å². The van der Waals surface area contributed by atoms with Gasteiger partial charge in [-0.25, -0.2) is 0 Å². The minimum atomic E-state index is 0.584. The quantitative estimate of drug-likeness (QED) is 0.120. The molecule has 57 heavy (non-hydrogen) atoms. The molecule has 2 heterocycles. The van der Waals surface area contributed by atoms with E-state index in [4.69, 9.17) is 0 Å². The van der Waals surface area contributed by atoms with Crippen molar-refractivity contribution in [1.82, 2.24) is 4.57 Å². The molecule has 1 aromatic heterocycles. The van der Waals surface area contributed by atoms with E-state index in [1.807, 2.05) is 13.0 Å². The third kappa shape index (κ3) is 6.85. The lowest BCUT2D eigenvalue weighted by molar-refractivity contribution is 1.03.